The molecular weight excluding hydrogens is 438 g/mol. The molecule has 34 heavy (non-hydrogen) atoms. The first-order chi connectivity index (χ1) is 16.3. The molecule has 4 rings (SSSR count). The molecule has 0 saturated carbocycles. The second-order valence-corrected chi connectivity index (χ2v) is 8.67. The summed E-state index contributed by atoms with van der Waals surface area (Å²) in [6, 6.07) is 16.1. The SMILES string of the molecule is CC(C)(CNC(=O)c1ncoc1CNC(=O)OCC1c2ccccc2-c2ccccc21)C(=O)O. The highest BCUT2D eigenvalue weighted by molar-refractivity contribution is 5.93. The molecule has 0 saturated heterocycles. The van der Waals surface area contributed by atoms with Gasteiger partial charge in [0.2, 0.25) is 0 Å². The number of aliphatic carboxylic acids is 1. The van der Waals surface area contributed by atoms with Gasteiger partial charge in [-0.25, -0.2) is 9.78 Å². The minimum atomic E-state index is -1.14. The zero-order chi connectivity index (χ0) is 24.3. The van der Waals surface area contributed by atoms with Crippen molar-refractivity contribution in [2.45, 2.75) is 26.3 Å². The van der Waals surface area contributed by atoms with Gasteiger partial charge in [-0.3, -0.25) is 9.59 Å². The van der Waals surface area contributed by atoms with E-state index in [4.69, 9.17) is 9.15 Å². The van der Waals surface area contributed by atoms with Crippen LogP contribution in [0.5, 0.6) is 0 Å². The number of fused-ring (bicyclic) bond motifs is 3. The van der Waals surface area contributed by atoms with Crippen molar-refractivity contribution in [3.05, 3.63) is 77.5 Å². The van der Waals surface area contributed by atoms with Crippen LogP contribution in [0.4, 0.5) is 4.79 Å². The fourth-order valence-corrected chi connectivity index (χ4v) is 3.84. The number of nitrogens with zero attached hydrogens (tertiary/aromatic N) is 1. The lowest BCUT2D eigenvalue weighted by molar-refractivity contribution is -0.146. The van der Waals surface area contributed by atoms with Crippen LogP contribution in [0.15, 0.2) is 59.3 Å². The first-order valence-corrected chi connectivity index (χ1v) is 10.8. The zero-order valence-electron chi connectivity index (χ0n) is 18.8. The van der Waals surface area contributed by atoms with E-state index in [-0.39, 0.29) is 37.1 Å². The summed E-state index contributed by atoms with van der Waals surface area (Å²) in [6.45, 7) is 2.96. The number of alkyl carbamates (subject to hydrolysis) is 1. The molecule has 0 aliphatic heterocycles. The average Bonchev–Trinajstić information content (AvgIpc) is 3.42. The highest BCUT2D eigenvalue weighted by Gasteiger charge is 2.30. The van der Waals surface area contributed by atoms with Crippen LogP contribution < -0.4 is 10.6 Å². The molecule has 0 spiro atoms. The van der Waals surface area contributed by atoms with E-state index in [2.05, 4.69) is 27.8 Å². The van der Waals surface area contributed by atoms with Crippen LogP contribution >= 0.6 is 0 Å². The smallest absolute Gasteiger partial charge is 0.407 e. The van der Waals surface area contributed by atoms with Crippen molar-refractivity contribution in [3.63, 3.8) is 0 Å². The standard InChI is InChI=1S/C25H25N3O6/c1-25(2,23(30)31)13-27-22(29)21-20(34-14-28-21)11-26-24(32)33-12-19-17-9-5-3-7-15(17)16-8-4-6-10-18(16)19/h3-10,14,19H,11-13H2,1-2H3,(H,26,32)(H,27,29)(H,30,31). The molecule has 176 valence electrons. The maximum absolute atomic E-state index is 12.4. The third-order valence-corrected chi connectivity index (χ3v) is 5.86. The molecule has 0 radical (unpaired) electrons. The third kappa shape index (κ3) is 4.63. The van der Waals surface area contributed by atoms with Crippen molar-refractivity contribution in [2.24, 2.45) is 5.41 Å². The van der Waals surface area contributed by atoms with Crippen LogP contribution in [0.3, 0.4) is 0 Å². The number of carboxylic acid groups (broad SMARTS) is 1. The molecule has 1 heterocycles. The molecule has 9 heteroatoms. The van der Waals surface area contributed by atoms with E-state index in [1.807, 2.05) is 36.4 Å². The highest BCUT2D eigenvalue weighted by atomic mass is 16.5. The highest BCUT2D eigenvalue weighted by Crippen LogP contribution is 2.44. The molecule has 3 N–H and O–H groups in total. The van der Waals surface area contributed by atoms with Gasteiger partial charge in [0.15, 0.2) is 17.8 Å². The normalized spacial score (nSPS) is 12.5. The van der Waals surface area contributed by atoms with E-state index >= 15 is 0 Å². The van der Waals surface area contributed by atoms with Crippen LogP contribution in [0.2, 0.25) is 0 Å². The van der Waals surface area contributed by atoms with Gasteiger partial charge in [0.1, 0.15) is 6.61 Å². The largest absolute Gasteiger partial charge is 0.481 e. The molecule has 1 aliphatic rings. The minimum Gasteiger partial charge on any atom is -0.481 e. The summed E-state index contributed by atoms with van der Waals surface area (Å²) in [6.07, 6.45) is 0.433. The second kappa shape index (κ2) is 9.38. The molecule has 0 atom stereocenters. The average molecular weight is 463 g/mol. The fraction of sp³-hybridized carbons (Fsp3) is 0.280. The van der Waals surface area contributed by atoms with E-state index in [0.717, 1.165) is 28.6 Å². The minimum absolute atomic E-state index is 0.0277. The number of ether oxygens (including phenoxy) is 1. The summed E-state index contributed by atoms with van der Waals surface area (Å²) in [5, 5.41) is 14.3. The number of benzene rings is 2. The van der Waals surface area contributed by atoms with Gasteiger partial charge in [-0.2, -0.15) is 0 Å². The van der Waals surface area contributed by atoms with Crippen LogP contribution in [0, 0.1) is 5.41 Å². The van der Waals surface area contributed by atoms with E-state index in [1.165, 1.54) is 13.8 Å². The Labute approximate surface area is 196 Å². The van der Waals surface area contributed by atoms with Crippen molar-refractivity contribution in [3.8, 4) is 11.1 Å². The van der Waals surface area contributed by atoms with Gasteiger partial charge >= 0.3 is 12.1 Å². The Hall–Kier alpha value is -4.14. The van der Waals surface area contributed by atoms with Gasteiger partial charge in [0, 0.05) is 12.5 Å². The van der Waals surface area contributed by atoms with Crippen LogP contribution in [-0.2, 0) is 16.1 Å². The van der Waals surface area contributed by atoms with Gasteiger partial charge in [-0.1, -0.05) is 48.5 Å². The molecule has 2 aromatic carbocycles. The van der Waals surface area contributed by atoms with Crippen LogP contribution in [0.1, 0.15) is 47.1 Å². The van der Waals surface area contributed by atoms with Gasteiger partial charge in [-0.05, 0) is 36.1 Å². The van der Waals surface area contributed by atoms with E-state index in [9.17, 15) is 19.5 Å². The molecule has 0 bridgehead atoms. The van der Waals surface area contributed by atoms with Crippen molar-refractivity contribution in [1.29, 1.82) is 0 Å². The third-order valence-electron chi connectivity index (χ3n) is 5.86. The number of aromatic nitrogens is 1. The summed E-state index contributed by atoms with van der Waals surface area (Å²) in [4.78, 5) is 39.9. The molecular formula is C25H25N3O6. The lowest BCUT2D eigenvalue weighted by Gasteiger charge is -2.19. The Balaban J connectivity index is 1.33. The number of carbonyl (C=O) groups excluding carboxylic acids is 2. The van der Waals surface area contributed by atoms with Gasteiger partial charge in [-0.15, -0.1) is 0 Å². The Morgan fingerprint density at radius 1 is 1.03 bits per heavy atom. The first-order valence-electron chi connectivity index (χ1n) is 10.8. The Bertz CT molecular complexity index is 1190. The fourth-order valence-electron chi connectivity index (χ4n) is 3.84. The molecule has 1 aliphatic carbocycles. The molecule has 1 aromatic heterocycles. The van der Waals surface area contributed by atoms with Gasteiger partial charge in [0.05, 0.1) is 12.0 Å². The number of carboxylic acids is 1. The number of hydrogen-bond donors (Lipinski definition) is 3. The number of oxazole rings is 1. The summed E-state index contributed by atoms with van der Waals surface area (Å²) in [5.74, 6) is -1.56. The maximum atomic E-state index is 12.4. The molecule has 9 nitrogen and oxygen atoms in total. The van der Waals surface area contributed by atoms with Crippen molar-refractivity contribution >= 4 is 18.0 Å². The van der Waals surface area contributed by atoms with E-state index in [0.29, 0.717) is 0 Å². The quantitative estimate of drug-likeness (QED) is 0.466. The Kier molecular flexibility index (Phi) is 6.36. The summed E-state index contributed by atoms with van der Waals surface area (Å²) < 4.78 is 10.7. The van der Waals surface area contributed by atoms with E-state index in [1.54, 1.807) is 0 Å². The predicted octanol–water partition coefficient (Wildman–Crippen LogP) is 3.55. The lowest BCUT2D eigenvalue weighted by atomic mass is 9.94. The van der Waals surface area contributed by atoms with Crippen molar-refractivity contribution < 1.29 is 28.6 Å². The zero-order valence-corrected chi connectivity index (χ0v) is 18.8. The molecule has 2 amide bonds. The molecule has 0 unspecified atom stereocenters. The Morgan fingerprint density at radius 3 is 2.26 bits per heavy atom. The molecule has 0 fully saturated rings. The predicted molar refractivity (Wildman–Crippen MR) is 122 cm³/mol. The first kappa shape index (κ1) is 23.0. The van der Waals surface area contributed by atoms with Crippen LogP contribution in [-0.4, -0.2) is 41.2 Å². The maximum Gasteiger partial charge on any atom is 0.407 e. The van der Waals surface area contributed by atoms with Gasteiger partial charge < -0.3 is 24.9 Å². The van der Waals surface area contributed by atoms with Gasteiger partial charge in [0.25, 0.3) is 5.91 Å². The number of carbonyl (C=O) groups is 3. The monoisotopic (exact) mass is 463 g/mol. The Morgan fingerprint density at radius 2 is 1.65 bits per heavy atom. The van der Waals surface area contributed by atoms with Crippen LogP contribution in [0.25, 0.3) is 11.1 Å². The number of amides is 2. The number of nitrogens with one attached hydrogen (secondary N) is 2. The summed E-state index contributed by atoms with van der Waals surface area (Å²) >= 11 is 0. The number of hydrogen-bond acceptors (Lipinski definition) is 6. The summed E-state index contributed by atoms with van der Waals surface area (Å²) in [7, 11) is 0. The summed E-state index contributed by atoms with van der Waals surface area (Å²) in [5.41, 5.74) is 3.31. The lowest BCUT2D eigenvalue weighted by Crippen LogP contribution is -2.39. The van der Waals surface area contributed by atoms with Crippen molar-refractivity contribution in [2.75, 3.05) is 13.2 Å². The molecule has 3 aromatic rings. The topological polar surface area (TPSA) is 131 Å². The van der Waals surface area contributed by atoms with Crippen molar-refractivity contribution in [1.82, 2.24) is 15.6 Å². The second-order valence-electron chi connectivity index (χ2n) is 8.67. The number of rotatable bonds is 8. The van der Waals surface area contributed by atoms with E-state index < -0.39 is 23.4 Å².